The van der Waals surface area contributed by atoms with Crippen LogP contribution in [0, 0.1) is 13.8 Å². The highest BCUT2D eigenvalue weighted by molar-refractivity contribution is 5.47. The summed E-state index contributed by atoms with van der Waals surface area (Å²) in [5.41, 5.74) is 3.99. The summed E-state index contributed by atoms with van der Waals surface area (Å²) in [6.45, 7) is 13.7. The third kappa shape index (κ3) is 7.52. The van der Waals surface area contributed by atoms with Gasteiger partial charge in [0.25, 0.3) is 0 Å². The molecule has 120 valence electrons. The summed E-state index contributed by atoms with van der Waals surface area (Å²) in [5, 5.41) is 3.55. The fraction of sp³-hybridized carbons (Fsp3) is 0.684. The van der Waals surface area contributed by atoms with Crippen molar-refractivity contribution in [3.8, 4) is 0 Å². The zero-order valence-electron chi connectivity index (χ0n) is 14.5. The van der Waals surface area contributed by atoms with Crippen LogP contribution in [0.4, 0.5) is 5.69 Å². The van der Waals surface area contributed by atoms with Gasteiger partial charge in [-0.2, -0.15) is 0 Å². The van der Waals surface area contributed by atoms with Crippen LogP contribution >= 0.6 is 0 Å². The lowest BCUT2D eigenvalue weighted by molar-refractivity contribution is 0.264. The summed E-state index contributed by atoms with van der Waals surface area (Å²) < 4.78 is 0. The van der Waals surface area contributed by atoms with Crippen molar-refractivity contribution in [2.75, 3.05) is 31.5 Å². The largest absolute Gasteiger partial charge is 0.385 e. The van der Waals surface area contributed by atoms with Crippen molar-refractivity contribution in [1.29, 1.82) is 0 Å². The van der Waals surface area contributed by atoms with Gasteiger partial charge in [0.05, 0.1) is 0 Å². The Kier molecular flexibility index (Phi) is 9.16. The van der Waals surface area contributed by atoms with Crippen LogP contribution in [-0.2, 0) is 0 Å². The van der Waals surface area contributed by atoms with Gasteiger partial charge >= 0.3 is 0 Å². The van der Waals surface area contributed by atoms with Crippen LogP contribution in [0.2, 0.25) is 0 Å². The molecule has 1 N–H and O–H groups in total. The predicted molar refractivity (Wildman–Crippen MR) is 95.3 cm³/mol. The molecule has 0 spiro atoms. The number of benzene rings is 1. The first kappa shape index (κ1) is 18.0. The van der Waals surface area contributed by atoms with Crippen molar-refractivity contribution >= 4 is 5.69 Å². The molecule has 0 amide bonds. The first-order valence-corrected chi connectivity index (χ1v) is 8.70. The van der Waals surface area contributed by atoms with Crippen molar-refractivity contribution in [1.82, 2.24) is 4.90 Å². The smallest absolute Gasteiger partial charge is 0.0343 e. The highest BCUT2D eigenvalue weighted by atomic mass is 15.1. The minimum absolute atomic E-state index is 1.07. The summed E-state index contributed by atoms with van der Waals surface area (Å²) >= 11 is 0. The van der Waals surface area contributed by atoms with Crippen LogP contribution in [-0.4, -0.2) is 31.1 Å². The average Bonchev–Trinajstić information content (AvgIpc) is 2.49. The van der Waals surface area contributed by atoms with Crippen LogP contribution in [0.3, 0.4) is 0 Å². The molecule has 0 heterocycles. The maximum Gasteiger partial charge on any atom is 0.0343 e. The fourth-order valence-electron chi connectivity index (χ4n) is 2.49. The maximum absolute atomic E-state index is 3.55. The third-order valence-electron chi connectivity index (χ3n) is 4.14. The molecule has 0 aromatic heterocycles. The van der Waals surface area contributed by atoms with E-state index in [1.54, 1.807) is 0 Å². The van der Waals surface area contributed by atoms with Crippen molar-refractivity contribution in [3.05, 3.63) is 29.3 Å². The maximum atomic E-state index is 3.55. The number of nitrogens with zero attached hydrogens (tertiary/aromatic N) is 1. The van der Waals surface area contributed by atoms with Gasteiger partial charge in [-0.15, -0.1) is 0 Å². The number of unbranched alkanes of at least 4 members (excludes halogenated alkanes) is 2. The van der Waals surface area contributed by atoms with Gasteiger partial charge in [-0.3, -0.25) is 0 Å². The van der Waals surface area contributed by atoms with Crippen molar-refractivity contribution < 1.29 is 0 Å². The lowest BCUT2D eigenvalue weighted by Crippen LogP contribution is -2.28. The Balaban J connectivity index is 2.27. The number of nitrogens with one attached hydrogen (secondary N) is 1. The number of hydrogen-bond acceptors (Lipinski definition) is 2. The molecule has 0 atom stereocenters. The molecule has 0 aliphatic rings. The molecule has 0 unspecified atom stereocenters. The number of hydrogen-bond donors (Lipinski definition) is 1. The quantitative estimate of drug-likeness (QED) is 0.576. The molecule has 21 heavy (non-hydrogen) atoms. The van der Waals surface area contributed by atoms with E-state index < -0.39 is 0 Å². The van der Waals surface area contributed by atoms with Crippen LogP contribution < -0.4 is 5.32 Å². The second-order valence-electron chi connectivity index (χ2n) is 6.13. The molecule has 0 saturated heterocycles. The summed E-state index contributed by atoms with van der Waals surface area (Å²) in [6, 6.07) is 6.64. The van der Waals surface area contributed by atoms with Gasteiger partial charge in [-0.1, -0.05) is 32.8 Å². The van der Waals surface area contributed by atoms with Gasteiger partial charge in [0.15, 0.2) is 0 Å². The number of aryl methyl sites for hydroxylation is 2. The van der Waals surface area contributed by atoms with E-state index in [9.17, 15) is 0 Å². The molecule has 2 heteroatoms. The van der Waals surface area contributed by atoms with E-state index in [2.05, 4.69) is 56.1 Å². The Morgan fingerprint density at radius 3 is 2.05 bits per heavy atom. The molecule has 0 bridgehead atoms. The van der Waals surface area contributed by atoms with E-state index in [-0.39, 0.29) is 0 Å². The molecule has 0 radical (unpaired) electrons. The van der Waals surface area contributed by atoms with Gasteiger partial charge in [0, 0.05) is 12.2 Å². The number of anilines is 1. The zero-order chi connectivity index (χ0) is 15.5. The zero-order valence-corrected chi connectivity index (χ0v) is 14.5. The third-order valence-corrected chi connectivity index (χ3v) is 4.14. The van der Waals surface area contributed by atoms with E-state index >= 15 is 0 Å². The summed E-state index contributed by atoms with van der Waals surface area (Å²) in [4.78, 5) is 2.63. The Morgan fingerprint density at radius 2 is 1.48 bits per heavy atom. The molecule has 1 aromatic rings. The Bertz CT molecular complexity index is 379. The second-order valence-corrected chi connectivity index (χ2v) is 6.13. The van der Waals surface area contributed by atoms with Gasteiger partial charge in [0.1, 0.15) is 0 Å². The van der Waals surface area contributed by atoms with E-state index in [0.717, 1.165) is 6.54 Å². The molecule has 0 fully saturated rings. The second kappa shape index (κ2) is 10.7. The van der Waals surface area contributed by atoms with Gasteiger partial charge in [-0.05, 0) is 76.0 Å². The summed E-state index contributed by atoms with van der Waals surface area (Å²) in [6.07, 6.45) is 6.47. The van der Waals surface area contributed by atoms with Crippen molar-refractivity contribution in [2.24, 2.45) is 0 Å². The van der Waals surface area contributed by atoms with E-state index in [4.69, 9.17) is 0 Å². The van der Waals surface area contributed by atoms with E-state index in [1.165, 1.54) is 68.6 Å². The molecule has 1 aromatic carbocycles. The molecule has 0 aliphatic heterocycles. The lowest BCUT2D eigenvalue weighted by Gasteiger charge is -2.22. The van der Waals surface area contributed by atoms with Gasteiger partial charge in [0.2, 0.25) is 0 Å². The van der Waals surface area contributed by atoms with E-state index in [0.29, 0.717) is 0 Å². The fourth-order valence-corrected chi connectivity index (χ4v) is 2.49. The topological polar surface area (TPSA) is 15.3 Å². The minimum Gasteiger partial charge on any atom is -0.385 e. The molecule has 0 aliphatic carbocycles. The first-order valence-electron chi connectivity index (χ1n) is 8.70. The van der Waals surface area contributed by atoms with Crippen LogP contribution in [0.1, 0.15) is 57.1 Å². The Hall–Kier alpha value is -1.02. The van der Waals surface area contributed by atoms with Crippen molar-refractivity contribution in [3.63, 3.8) is 0 Å². The highest BCUT2D eigenvalue weighted by Gasteiger charge is 2.03. The normalized spacial score (nSPS) is 11.1. The molecular formula is C19H34N2. The monoisotopic (exact) mass is 290 g/mol. The van der Waals surface area contributed by atoms with Gasteiger partial charge < -0.3 is 10.2 Å². The molecule has 1 rings (SSSR count). The standard InChI is InChI=1S/C19H34N2/c1-5-7-13-21(14-8-6-2)15-9-12-20-19-11-10-17(3)18(4)16-19/h10-11,16,20H,5-9,12-15H2,1-4H3. The summed E-state index contributed by atoms with van der Waals surface area (Å²) in [7, 11) is 0. The molecular weight excluding hydrogens is 256 g/mol. The first-order chi connectivity index (χ1) is 10.2. The van der Waals surface area contributed by atoms with E-state index in [1.807, 2.05) is 0 Å². The van der Waals surface area contributed by atoms with Crippen LogP contribution in [0.15, 0.2) is 18.2 Å². The predicted octanol–water partition coefficient (Wildman–Crippen LogP) is 5.01. The van der Waals surface area contributed by atoms with Gasteiger partial charge in [-0.25, -0.2) is 0 Å². The van der Waals surface area contributed by atoms with Crippen molar-refractivity contribution in [2.45, 2.75) is 59.8 Å². The number of rotatable bonds is 11. The Labute approximate surface area is 131 Å². The van der Waals surface area contributed by atoms with Crippen LogP contribution in [0.5, 0.6) is 0 Å². The minimum atomic E-state index is 1.07. The Morgan fingerprint density at radius 1 is 0.857 bits per heavy atom. The summed E-state index contributed by atoms with van der Waals surface area (Å²) in [5.74, 6) is 0. The molecule has 0 saturated carbocycles. The SMILES string of the molecule is CCCCN(CCCC)CCCNc1ccc(C)c(C)c1. The highest BCUT2D eigenvalue weighted by Crippen LogP contribution is 2.14. The van der Waals surface area contributed by atoms with Crippen LogP contribution in [0.25, 0.3) is 0 Å². The lowest BCUT2D eigenvalue weighted by atomic mass is 10.1. The molecule has 2 nitrogen and oxygen atoms in total. The average molecular weight is 290 g/mol.